The van der Waals surface area contributed by atoms with Gasteiger partial charge in [-0.2, -0.15) is 0 Å². The van der Waals surface area contributed by atoms with Crippen LogP contribution in [0.15, 0.2) is 12.2 Å². The second-order valence-electron chi connectivity index (χ2n) is 1.81. The summed E-state index contributed by atoms with van der Waals surface area (Å²) in [5.41, 5.74) is 0. The quantitative estimate of drug-likeness (QED) is 0.281. The summed E-state index contributed by atoms with van der Waals surface area (Å²) in [7, 11) is -4.40. The Kier molecular flexibility index (Phi) is 9.96. The lowest BCUT2D eigenvalue weighted by Crippen LogP contribution is -1.89. The molecule has 7 nitrogen and oxygen atoms in total. The third-order valence-corrected chi connectivity index (χ3v) is 0.876. The van der Waals surface area contributed by atoms with E-state index in [1.54, 1.807) is 13.8 Å². The number of rotatable bonds is 4. The molecule has 0 saturated heterocycles. The summed E-state index contributed by atoms with van der Waals surface area (Å²) in [4.78, 5) is 29.3. The predicted molar refractivity (Wildman–Crippen MR) is 47.2 cm³/mol. The molecule has 0 radical (unpaired) electrons. The van der Waals surface area contributed by atoms with Crippen molar-refractivity contribution >= 4 is 13.8 Å². The molecule has 0 unspecified atom stereocenters. The van der Waals surface area contributed by atoms with Gasteiger partial charge in [0.2, 0.25) is 0 Å². The molecule has 0 fully saturated rings. The van der Waals surface area contributed by atoms with E-state index in [4.69, 9.17) is 14.9 Å². The fourth-order valence-corrected chi connectivity index (χ4v) is 0.507. The van der Waals surface area contributed by atoms with Crippen molar-refractivity contribution in [3.8, 4) is 0 Å². The van der Waals surface area contributed by atoms with Gasteiger partial charge in [-0.1, -0.05) is 6.08 Å². The molecule has 14 heavy (non-hydrogen) atoms. The summed E-state index contributed by atoms with van der Waals surface area (Å²) in [6.45, 7) is 3.33. The van der Waals surface area contributed by atoms with Gasteiger partial charge in [-0.3, -0.25) is 0 Å². The summed E-state index contributed by atoms with van der Waals surface area (Å²) in [5.74, 6) is -0.891. The second kappa shape index (κ2) is 8.86. The minimum Gasteiger partial charge on any atom is -0.478 e. The fourth-order valence-electron chi connectivity index (χ4n) is 0.264. The lowest BCUT2D eigenvalue weighted by molar-refractivity contribution is -0.217. The lowest BCUT2D eigenvalue weighted by atomic mass is 10.5. The van der Waals surface area contributed by atoms with Crippen molar-refractivity contribution in [2.45, 2.75) is 13.8 Å². The van der Waals surface area contributed by atoms with Gasteiger partial charge >= 0.3 is 13.8 Å². The fraction of sp³-hybridized carbons (Fsp3) is 0.500. The highest BCUT2D eigenvalue weighted by molar-refractivity contribution is 7.46. The Hall–Kier alpha value is -0.720. The predicted octanol–water partition coefficient (Wildman–Crippen LogP) is 0.694. The average Bonchev–Trinajstić information content (AvgIpc) is 2.00. The van der Waals surface area contributed by atoms with E-state index in [-0.39, 0.29) is 6.61 Å². The number of hydrogen-bond acceptors (Lipinski definition) is 4. The van der Waals surface area contributed by atoms with Crippen LogP contribution in [0.5, 0.6) is 0 Å². The van der Waals surface area contributed by atoms with Crippen molar-refractivity contribution in [2.75, 3.05) is 6.61 Å². The van der Waals surface area contributed by atoms with Crippen LogP contribution in [-0.4, -0.2) is 27.5 Å². The largest absolute Gasteiger partial charge is 0.496 e. The third-order valence-electron chi connectivity index (χ3n) is 0.577. The SMILES string of the molecule is CC=CC(=O)O.CCOOP(=O)(O)O. The van der Waals surface area contributed by atoms with E-state index in [1.807, 2.05) is 0 Å². The van der Waals surface area contributed by atoms with Crippen LogP contribution in [0.25, 0.3) is 0 Å². The molecule has 3 N–H and O–H groups in total. The van der Waals surface area contributed by atoms with Crippen LogP contribution in [0.2, 0.25) is 0 Å². The molecule has 0 aliphatic rings. The maximum atomic E-state index is 9.74. The standard InChI is InChI=1S/C4H6O2.C2H7O5P/c1-2-3-4(5)6;1-2-6-7-8(3,4)5/h2-3H,1H3,(H,5,6);2H2,1H3,(H2,3,4,5). The van der Waals surface area contributed by atoms with E-state index in [2.05, 4.69) is 9.56 Å². The Morgan fingerprint density at radius 2 is 2.00 bits per heavy atom. The van der Waals surface area contributed by atoms with Gasteiger partial charge < -0.3 is 14.9 Å². The lowest BCUT2D eigenvalue weighted by Gasteiger charge is -1.99. The summed E-state index contributed by atoms with van der Waals surface area (Å²) < 4.78 is 13.3. The van der Waals surface area contributed by atoms with Gasteiger partial charge in [0.15, 0.2) is 0 Å². The summed E-state index contributed by atoms with van der Waals surface area (Å²) in [6.07, 6.45) is 2.56. The number of phosphoric acid groups is 1. The molecule has 0 spiro atoms. The zero-order chi connectivity index (χ0) is 11.6. The molecule has 0 aromatic heterocycles. The molecule has 0 aromatic carbocycles. The van der Waals surface area contributed by atoms with Crippen LogP contribution in [-0.2, 0) is 18.9 Å². The molecule has 0 saturated carbocycles. The van der Waals surface area contributed by atoms with Gasteiger partial charge in [0.25, 0.3) is 0 Å². The van der Waals surface area contributed by atoms with E-state index in [0.29, 0.717) is 0 Å². The number of carboxylic acids is 1. The molecule has 0 aliphatic carbocycles. The van der Waals surface area contributed by atoms with E-state index in [9.17, 15) is 9.36 Å². The molecule has 0 amide bonds. The van der Waals surface area contributed by atoms with Gasteiger partial charge in [0.05, 0.1) is 6.61 Å². The highest BCUT2D eigenvalue weighted by Gasteiger charge is 2.13. The highest BCUT2D eigenvalue weighted by atomic mass is 31.2. The van der Waals surface area contributed by atoms with Crippen molar-refractivity contribution < 1.29 is 33.8 Å². The van der Waals surface area contributed by atoms with Crippen LogP contribution in [0.1, 0.15) is 13.8 Å². The molecule has 8 heteroatoms. The van der Waals surface area contributed by atoms with Gasteiger partial charge in [-0.05, 0) is 13.8 Å². The molecule has 0 rings (SSSR count). The summed E-state index contributed by atoms with van der Waals surface area (Å²) in [6, 6.07) is 0. The topological polar surface area (TPSA) is 113 Å². The van der Waals surface area contributed by atoms with E-state index < -0.39 is 13.8 Å². The molecular weight excluding hydrogens is 215 g/mol. The Labute approximate surface area is 81.1 Å². The first-order valence-corrected chi connectivity index (χ1v) is 5.08. The average molecular weight is 228 g/mol. The third kappa shape index (κ3) is 22.5. The number of carbonyl (C=O) groups is 1. The molecule has 0 aromatic rings. The molecule has 0 heterocycles. The molecule has 0 bridgehead atoms. The Morgan fingerprint density at radius 3 is 2.07 bits per heavy atom. The van der Waals surface area contributed by atoms with E-state index >= 15 is 0 Å². The zero-order valence-corrected chi connectivity index (χ0v) is 8.68. The van der Waals surface area contributed by atoms with Gasteiger partial charge in [0.1, 0.15) is 0 Å². The Morgan fingerprint density at radius 1 is 1.50 bits per heavy atom. The van der Waals surface area contributed by atoms with Crippen LogP contribution >= 0.6 is 7.82 Å². The van der Waals surface area contributed by atoms with Crippen LogP contribution in [0.4, 0.5) is 0 Å². The highest BCUT2D eigenvalue weighted by Crippen LogP contribution is 2.35. The minimum atomic E-state index is -4.40. The van der Waals surface area contributed by atoms with Crippen molar-refractivity contribution in [1.29, 1.82) is 0 Å². The molecule has 84 valence electrons. The van der Waals surface area contributed by atoms with Gasteiger partial charge in [0, 0.05) is 6.08 Å². The first-order chi connectivity index (χ1) is 6.33. The van der Waals surface area contributed by atoms with Crippen molar-refractivity contribution in [3.63, 3.8) is 0 Å². The van der Waals surface area contributed by atoms with Crippen molar-refractivity contribution in [3.05, 3.63) is 12.2 Å². The van der Waals surface area contributed by atoms with Gasteiger partial charge in [-0.15, -0.1) is 4.67 Å². The number of carboxylic acid groups (broad SMARTS) is 1. The first kappa shape index (κ1) is 15.7. The number of allylic oxidation sites excluding steroid dienone is 1. The maximum absolute atomic E-state index is 9.74. The Bertz CT molecular complexity index is 218. The monoisotopic (exact) mass is 228 g/mol. The number of hydrogen-bond donors (Lipinski definition) is 3. The first-order valence-electron chi connectivity index (χ1n) is 3.55. The van der Waals surface area contributed by atoms with E-state index in [0.717, 1.165) is 6.08 Å². The zero-order valence-electron chi connectivity index (χ0n) is 7.78. The summed E-state index contributed by atoms with van der Waals surface area (Å²) in [5, 5.41) is 7.83. The second-order valence-corrected chi connectivity index (χ2v) is 2.94. The number of aliphatic carboxylic acids is 1. The molecule has 0 atom stereocenters. The normalized spacial score (nSPS) is 10.9. The van der Waals surface area contributed by atoms with Crippen LogP contribution < -0.4 is 0 Å². The Balaban J connectivity index is 0. The van der Waals surface area contributed by atoms with Gasteiger partial charge in [-0.25, -0.2) is 14.2 Å². The molecular formula is C6H13O7P. The maximum Gasteiger partial charge on any atom is 0.496 e. The van der Waals surface area contributed by atoms with E-state index in [1.165, 1.54) is 6.08 Å². The molecule has 0 aliphatic heterocycles. The smallest absolute Gasteiger partial charge is 0.478 e. The van der Waals surface area contributed by atoms with Crippen LogP contribution in [0, 0.1) is 0 Å². The summed E-state index contributed by atoms with van der Waals surface area (Å²) >= 11 is 0. The minimum absolute atomic E-state index is 0.116. The van der Waals surface area contributed by atoms with Crippen LogP contribution in [0.3, 0.4) is 0 Å². The van der Waals surface area contributed by atoms with Crippen molar-refractivity contribution in [1.82, 2.24) is 0 Å². The van der Waals surface area contributed by atoms with Crippen molar-refractivity contribution in [2.24, 2.45) is 0 Å².